The topological polar surface area (TPSA) is 84.8 Å². The highest BCUT2D eigenvalue weighted by Crippen LogP contribution is 2.31. The minimum atomic E-state index is 0.505. The van der Waals surface area contributed by atoms with Crippen LogP contribution in [0.4, 0.5) is 0 Å². The molecule has 158 valence electrons. The molecule has 1 saturated heterocycles. The fourth-order valence-corrected chi connectivity index (χ4v) is 4.71. The zero-order chi connectivity index (χ0) is 20.7. The Balaban J connectivity index is 1.23. The van der Waals surface area contributed by atoms with Crippen LogP contribution in [-0.2, 0) is 20.0 Å². The maximum atomic E-state index is 5.77. The number of aromatic nitrogens is 6. The molecule has 8 heteroatoms. The number of H-pyrrole nitrogens is 1. The Kier molecular flexibility index (Phi) is 5.02. The van der Waals surface area contributed by atoms with Crippen molar-refractivity contribution in [3.63, 3.8) is 0 Å². The van der Waals surface area contributed by atoms with E-state index >= 15 is 0 Å². The predicted octanol–water partition coefficient (Wildman–Crippen LogP) is 2.92. The van der Waals surface area contributed by atoms with Crippen molar-refractivity contribution in [1.82, 2.24) is 34.8 Å². The summed E-state index contributed by atoms with van der Waals surface area (Å²) in [6, 6.07) is 2.19. The van der Waals surface area contributed by atoms with Crippen LogP contribution in [0.2, 0.25) is 0 Å². The number of fused-ring (bicyclic) bond motifs is 1. The molecule has 0 atom stereocenters. The van der Waals surface area contributed by atoms with Gasteiger partial charge in [0, 0.05) is 29.9 Å². The van der Waals surface area contributed by atoms with Gasteiger partial charge in [0.05, 0.1) is 25.0 Å². The first kappa shape index (κ1) is 19.2. The first-order valence-corrected chi connectivity index (χ1v) is 10.8. The third kappa shape index (κ3) is 3.60. The molecule has 8 nitrogen and oxygen atoms in total. The standard InChI is InChI=1S/C22H29N7O/c1-14-12-23-28(3)21(14)19-11-18(26-27-19)16-6-8-29(9-7-16)13-20-24-15(2)17-5-4-10-30-22(17)25-20/h11-12,16H,4-10,13H2,1-3H3,(H,26,27). The van der Waals surface area contributed by atoms with Gasteiger partial charge in [-0.1, -0.05) is 0 Å². The third-order valence-electron chi connectivity index (χ3n) is 6.39. The summed E-state index contributed by atoms with van der Waals surface area (Å²) in [5.41, 5.74) is 6.68. The highest BCUT2D eigenvalue weighted by molar-refractivity contribution is 5.59. The minimum Gasteiger partial charge on any atom is -0.477 e. The second kappa shape index (κ2) is 7.83. The first-order valence-electron chi connectivity index (χ1n) is 10.8. The minimum absolute atomic E-state index is 0.505. The predicted molar refractivity (Wildman–Crippen MR) is 113 cm³/mol. The van der Waals surface area contributed by atoms with Gasteiger partial charge in [-0.25, -0.2) is 4.98 Å². The lowest BCUT2D eigenvalue weighted by molar-refractivity contribution is 0.196. The lowest BCUT2D eigenvalue weighted by atomic mass is 9.93. The summed E-state index contributed by atoms with van der Waals surface area (Å²) in [5.74, 6) is 2.18. The molecule has 2 aliphatic rings. The molecule has 0 aliphatic carbocycles. The molecule has 3 aromatic rings. The maximum absolute atomic E-state index is 5.77. The van der Waals surface area contributed by atoms with Crippen LogP contribution >= 0.6 is 0 Å². The Labute approximate surface area is 176 Å². The fourth-order valence-electron chi connectivity index (χ4n) is 4.71. The van der Waals surface area contributed by atoms with Crippen molar-refractivity contribution < 1.29 is 4.74 Å². The molecule has 0 bridgehead atoms. The van der Waals surface area contributed by atoms with E-state index in [0.717, 1.165) is 86.3 Å². The van der Waals surface area contributed by atoms with E-state index in [-0.39, 0.29) is 0 Å². The van der Waals surface area contributed by atoms with Gasteiger partial charge >= 0.3 is 0 Å². The highest BCUT2D eigenvalue weighted by Gasteiger charge is 2.25. The molecule has 5 rings (SSSR count). The van der Waals surface area contributed by atoms with Crippen molar-refractivity contribution in [2.45, 2.75) is 52.0 Å². The van der Waals surface area contributed by atoms with E-state index in [4.69, 9.17) is 14.7 Å². The van der Waals surface area contributed by atoms with Crippen molar-refractivity contribution in [2.75, 3.05) is 19.7 Å². The van der Waals surface area contributed by atoms with Crippen LogP contribution in [0.15, 0.2) is 12.3 Å². The second-order valence-corrected chi connectivity index (χ2v) is 8.52. The maximum Gasteiger partial charge on any atom is 0.220 e. The van der Waals surface area contributed by atoms with Gasteiger partial charge in [0.15, 0.2) is 0 Å². The zero-order valence-corrected chi connectivity index (χ0v) is 18.0. The number of hydrogen-bond donors (Lipinski definition) is 1. The Morgan fingerprint density at radius 2 is 2.03 bits per heavy atom. The number of nitrogens with one attached hydrogen (secondary N) is 1. The van der Waals surface area contributed by atoms with E-state index in [1.165, 1.54) is 11.3 Å². The molecule has 30 heavy (non-hydrogen) atoms. The Morgan fingerprint density at radius 3 is 2.80 bits per heavy atom. The fraction of sp³-hybridized carbons (Fsp3) is 0.545. The molecule has 2 aliphatic heterocycles. The van der Waals surface area contributed by atoms with E-state index < -0.39 is 0 Å². The quantitative estimate of drug-likeness (QED) is 0.716. The number of aromatic amines is 1. The van der Waals surface area contributed by atoms with Crippen LogP contribution < -0.4 is 4.74 Å². The van der Waals surface area contributed by atoms with Gasteiger partial charge in [0.1, 0.15) is 11.5 Å². The molecule has 0 unspecified atom stereocenters. The molecule has 1 fully saturated rings. The molecule has 0 spiro atoms. The van der Waals surface area contributed by atoms with Crippen molar-refractivity contribution in [1.29, 1.82) is 0 Å². The lowest BCUT2D eigenvalue weighted by Crippen LogP contribution is -2.33. The SMILES string of the molecule is Cc1cnn(C)c1-c1cc(C2CCN(Cc3nc(C)c4c(n3)OCCC4)CC2)[nH]n1. The second-order valence-electron chi connectivity index (χ2n) is 8.52. The number of hydrogen-bond acceptors (Lipinski definition) is 6. The highest BCUT2D eigenvalue weighted by atomic mass is 16.5. The average Bonchev–Trinajstić information content (AvgIpc) is 3.35. The van der Waals surface area contributed by atoms with Crippen molar-refractivity contribution >= 4 is 0 Å². The molecule has 5 heterocycles. The molecule has 0 aromatic carbocycles. The number of ether oxygens (including phenoxy) is 1. The van der Waals surface area contributed by atoms with Gasteiger partial charge < -0.3 is 4.74 Å². The van der Waals surface area contributed by atoms with Gasteiger partial charge in [-0.2, -0.15) is 15.2 Å². The van der Waals surface area contributed by atoms with E-state index in [2.05, 4.69) is 40.1 Å². The molecule has 1 N–H and O–H groups in total. The first-order chi connectivity index (χ1) is 14.6. The Morgan fingerprint density at radius 1 is 1.20 bits per heavy atom. The number of nitrogens with zero attached hydrogens (tertiary/aromatic N) is 6. The normalized spacial score (nSPS) is 17.7. The summed E-state index contributed by atoms with van der Waals surface area (Å²) in [5, 5.41) is 12.2. The van der Waals surface area contributed by atoms with Gasteiger partial charge in [0.2, 0.25) is 5.88 Å². The summed E-state index contributed by atoms with van der Waals surface area (Å²) in [4.78, 5) is 11.9. The van der Waals surface area contributed by atoms with E-state index in [1.807, 2.05) is 17.9 Å². The molecule has 0 radical (unpaired) electrons. The number of piperidine rings is 1. The average molecular weight is 408 g/mol. The zero-order valence-electron chi connectivity index (χ0n) is 18.0. The van der Waals surface area contributed by atoms with Crippen molar-refractivity contribution in [2.24, 2.45) is 7.05 Å². The van der Waals surface area contributed by atoms with Gasteiger partial charge in [-0.3, -0.25) is 14.7 Å². The number of likely N-dealkylation sites (tertiary alicyclic amines) is 1. The third-order valence-corrected chi connectivity index (χ3v) is 6.39. The summed E-state index contributed by atoms with van der Waals surface area (Å²) >= 11 is 0. The molecular weight excluding hydrogens is 378 g/mol. The summed E-state index contributed by atoms with van der Waals surface area (Å²) in [7, 11) is 1.96. The van der Waals surface area contributed by atoms with Crippen LogP contribution in [0.1, 0.15) is 53.5 Å². The van der Waals surface area contributed by atoms with Crippen LogP contribution in [0.5, 0.6) is 5.88 Å². The van der Waals surface area contributed by atoms with Crippen LogP contribution in [0.3, 0.4) is 0 Å². The number of rotatable bonds is 4. The largest absolute Gasteiger partial charge is 0.477 e. The summed E-state index contributed by atoms with van der Waals surface area (Å²) < 4.78 is 7.66. The Hall–Kier alpha value is -2.74. The number of aryl methyl sites for hydroxylation is 3. The van der Waals surface area contributed by atoms with E-state index in [0.29, 0.717) is 5.92 Å². The molecule has 0 amide bonds. The van der Waals surface area contributed by atoms with Crippen LogP contribution in [0, 0.1) is 13.8 Å². The van der Waals surface area contributed by atoms with Gasteiger partial charge in [-0.05, 0) is 64.3 Å². The molecule has 3 aromatic heterocycles. The van der Waals surface area contributed by atoms with Gasteiger partial charge in [-0.15, -0.1) is 0 Å². The smallest absolute Gasteiger partial charge is 0.220 e. The van der Waals surface area contributed by atoms with E-state index in [9.17, 15) is 0 Å². The van der Waals surface area contributed by atoms with Gasteiger partial charge in [0.25, 0.3) is 0 Å². The van der Waals surface area contributed by atoms with Crippen LogP contribution in [-0.4, -0.2) is 54.5 Å². The molecule has 0 saturated carbocycles. The summed E-state index contributed by atoms with van der Waals surface area (Å²) in [6.45, 7) is 7.76. The Bertz CT molecular complexity index is 1030. The monoisotopic (exact) mass is 407 g/mol. The lowest BCUT2D eigenvalue weighted by Gasteiger charge is -2.31. The van der Waals surface area contributed by atoms with Crippen molar-refractivity contribution in [3.8, 4) is 17.3 Å². The van der Waals surface area contributed by atoms with Crippen LogP contribution in [0.25, 0.3) is 11.4 Å². The van der Waals surface area contributed by atoms with E-state index in [1.54, 1.807) is 0 Å². The summed E-state index contributed by atoms with van der Waals surface area (Å²) in [6.07, 6.45) is 6.17. The molecular formula is C22H29N7O. The van der Waals surface area contributed by atoms with Crippen molar-refractivity contribution in [3.05, 3.63) is 40.6 Å².